The Morgan fingerprint density at radius 2 is 2.06 bits per heavy atom. The molecule has 16 heavy (non-hydrogen) atoms. The molecule has 0 aliphatic carbocycles. The van der Waals surface area contributed by atoms with Gasteiger partial charge in [-0.05, 0) is 22.6 Å². The van der Waals surface area contributed by atoms with Crippen LogP contribution in [-0.2, 0) is 6.54 Å². The van der Waals surface area contributed by atoms with Crippen LogP contribution in [0.1, 0.15) is 5.82 Å². The number of hydrogen-bond acceptors (Lipinski definition) is 5. The maximum atomic E-state index is 8.66. The SMILES string of the molecule is OCCNCc1nnnn1-c1ccccc1. The lowest BCUT2D eigenvalue weighted by atomic mass is 10.3. The number of hydrogen-bond donors (Lipinski definition) is 2. The smallest absolute Gasteiger partial charge is 0.170 e. The number of rotatable bonds is 5. The molecule has 0 bridgehead atoms. The largest absolute Gasteiger partial charge is 0.395 e. The first-order valence-corrected chi connectivity index (χ1v) is 5.06. The van der Waals surface area contributed by atoms with Crippen LogP contribution in [0.25, 0.3) is 5.69 Å². The Labute approximate surface area is 92.9 Å². The Kier molecular flexibility index (Phi) is 3.58. The van der Waals surface area contributed by atoms with E-state index in [0.29, 0.717) is 13.1 Å². The molecule has 6 nitrogen and oxygen atoms in total. The summed E-state index contributed by atoms with van der Waals surface area (Å²) in [4.78, 5) is 0. The van der Waals surface area contributed by atoms with Gasteiger partial charge in [0, 0.05) is 6.54 Å². The van der Waals surface area contributed by atoms with E-state index in [1.54, 1.807) is 4.68 Å². The zero-order valence-electron chi connectivity index (χ0n) is 8.74. The van der Waals surface area contributed by atoms with Crippen molar-refractivity contribution >= 4 is 0 Å². The van der Waals surface area contributed by atoms with Crippen LogP contribution in [-0.4, -0.2) is 38.5 Å². The van der Waals surface area contributed by atoms with Gasteiger partial charge in [-0.25, -0.2) is 0 Å². The average molecular weight is 219 g/mol. The van der Waals surface area contributed by atoms with Crippen molar-refractivity contribution in [1.29, 1.82) is 0 Å². The maximum Gasteiger partial charge on any atom is 0.170 e. The Morgan fingerprint density at radius 3 is 2.81 bits per heavy atom. The summed E-state index contributed by atoms with van der Waals surface area (Å²) in [7, 11) is 0. The highest BCUT2D eigenvalue weighted by molar-refractivity contribution is 5.30. The van der Waals surface area contributed by atoms with E-state index in [4.69, 9.17) is 5.11 Å². The van der Waals surface area contributed by atoms with E-state index in [1.165, 1.54) is 0 Å². The number of aliphatic hydroxyl groups excluding tert-OH is 1. The van der Waals surface area contributed by atoms with Crippen LogP contribution in [0.3, 0.4) is 0 Å². The topological polar surface area (TPSA) is 75.9 Å². The van der Waals surface area contributed by atoms with Gasteiger partial charge in [0.2, 0.25) is 0 Å². The zero-order chi connectivity index (χ0) is 11.2. The summed E-state index contributed by atoms with van der Waals surface area (Å²) in [6, 6.07) is 9.68. The number of benzene rings is 1. The number of aromatic nitrogens is 4. The highest BCUT2D eigenvalue weighted by atomic mass is 16.3. The third-order valence-electron chi connectivity index (χ3n) is 2.11. The first-order chi connectivity index (χ1) is 7.92. The third-order valence-corrected chi connectivity index (χ3v) is 2.11. The van der Waals surface area contributed by atoms with Gasteiger partial charge < -0.3 is 10.4 Å². The third kappa shape index (κ3) is 2.41. The van der Waals surface area contributed by atoms with Gasteiger partial charge in [-0.1, -0.05) is 18.2 Å². The highest BCUT2D eigenvalue weighted by Gasteiger charge is 2.06. The van der Waals surface area contributed by atoms with Crippen molar-refractivity contribution < 1.29 is 5.11 Å². The van der Waals surface area contributed by atoms with Crippen molar-refractivity contribution in [1.82, 2.24) is 25.5 Å². The molecule has 0 aliphatic heterocycles. The standard InChI is InChI=1S/C10H13N5O/c16-7-6-11-8-10-12-13-14-15(10)9-4-2-1-3-5-9/h1-5,11,16H,6-8H2. The van der Waals surface area contributed by atoms with Gasteiger partial charge in [0.25, 0.3) is 0 Å². The van der Waals surface area contributed by atoms with Crippen LogP contribution in [0, 0.1) is 0 Å². The molecule has 0 saturated heterocycles. The average Bonchev–Trinajstić information content (AvgIpc) is 2.79. The van der Waals surface area contributed by atoms with E-state index in [9.17, 15) is 0 Å². The second-order valence-corrected chi connectivity index (χ2v) is 3.24. The first-order valence-electron chi connectivity index (χ1n) is 5.06. The predicted octanol–water partition coefficient (Wildman–Crippen LogP) is -0.256. The van der Waals surface area contributed by atoms with Crippen LogP contribution in [0.2, 0.25) is 0 Å². The fraction of sp³-hybridized carbons (Fsp3) is 0.300. The molecule has 0 atom stereocenters. The quantitative estimate of drug-likeness (QED) is 0.678. The number of aliphatic hydroxyl groups is 1. The van der Waals surface area contributed by atoms with Gasteiger partial charge in [-0.2, -0.15) is 4.68 Å². The lowest BCUT2D eigenvalue weighted by molar-refractivity contribution is 0.291. The minimum absolute atomic E-state index is 0.104. The molecule has 2 aromatic rings. The van der Waals surface area contributed by atoms with E-state index in [-0.39, 0.29) is 6.61 Å². The molecule has 0 unspecified atom stereocenters. The second kappa shape index (κ2) is 5.34. The van der Waals surface area contributed by atoms with Crippen LogP contribution >= 0.6 is 0 Å². The number of nitrogens with one attached hydrogen (secondary N) is 1. The number of tetrazole rings is 1. The summed E-state index contributed by atoms with van der Waals surface area (Å²) in [5, 5.41) is 23.2. The van der Waals surface area contributed by atoms with Crippen molar-refractivity contribution in [2.45, 2.75) is 6.54 Å². The van der Waals surface area contributed by atoms with Crippen LogP contribution in [0.4, 0.5) is 0 Å². The fourth-order valence-corrected chi connectivity index (χ4v) is 1.36. The molecule has 0 spiro atoms. The Hall–Kier alpha value is -1.79. The van der Waals surface area contributed by atoms with Crippen LogP contribution in [0.5, 0.6) is 0 Å². The monoisotopic (exact) mass is 219 g/mol. The minimum Gasteiger partial charge on any atom is -0.395 e. The van der Waals surface area contributed by atoms with E-state index in [1.807, 2.05) is 30.3 Å². The molecule has 0 radical (unpaired) electrons. The predicted molar refractivity (Wildman–Crippen MR) is 57.9 cm³/mol. The second-order valence-electron chi connectivity index (χ2n) is 3.24. The summed E-state index contributed by atoms with van der Waals surface area (Å²) < 4.78 is 1.67. The van der Waals surface area contributed by atoms with Gasteiger partial charge in [-0.15, -0.1) is 5.10 Å². The van der Waals surface area contributed by atoms with Gasteiger partial charge in [0.15, 0.2) is 5.82 Å². The normalized spacial score (nSPS) is 10.6. The molecule has 2 N–H and O–H groups in total. The van der Waals surface area contributed by atoms with E-state index in [0.717, 1.165) is 11.5 Å². The summed E-state index contributed by atoms with van der Waals surface area (Å²) in [6.07, 6.45) is 0. The van der Waals surface area contributed by atoms with Crippen molar-refractivity contribution in [2.24, 2.45) is 0 Å². The molecule has 6 heteroatoms. The molecule has 0 saturated carbocycles. The molecule has 84 valence electrons. The first kappa shape index (κ1) is 10.7. The van der Waals surface area contributed by atoms with Gasteiger partial charge in [0.1, 0.15) is 0 Å². The number of nitrogens with zero attached hydrogens (tertiary/aromatic N) is 4. The van der Waals surface area contributed by atoms with E-state index < -0.39 is 0 Å². The molecular formula is C10H13N5O. The van der Waals surface area contributed by atoms with Crippen molar-refractivity contribution in [3.8, 4) is 5.69 Å². The van der Waals surface area contributed by atoms with Gasteiger partial charge >= 0.3 is 0 Å². The summed E-state index contributed by atoms with van der Waals surface area (Å²) in [5.41, 5.74) is 0.924. The lowest BCUT2D eigenvalue weighted by Crippen LogP contribution is -2.20. The molecule has 0 fully saturated rings. The molecule has 1 aromatic carbocycles. The molecule has 1 aromatic heterocycles. The van der Waals surface area contributed by atoms with Gasteiger partial charge in [0.05, 0.1) is 18.8 Å². The summed E-state index contributed by atoms with van der Waals surface area (Å²) in [5.74, 6) is 0.722. The zero-order valence-corrected chi connectivity index (χ0v) is 8.74. The summed E-state index contributed by atoms with van der Waals surface area (Å²) in [6.45, 7) is 1.16. The highest BCUT2D eigenvalue weighted by Crippen LogP contribution is 2.06. The summed E-state index contributed by atoms with van der Waals surface area (Å²) >= 11 is 0. The maximum absolute atomic E-state index is 8.66. The van der Waals surface area contributed by atoms with Crippen LogP contribution in [0.15, 0.2) is 30.3 Å². The van der Waals surface area contributed by atoms with Crippen LogP contribution < -0.4 is 5.32 Å². The molecule has 0 aliphatic rings. The van der Waals surface area contributed by atoms with Crippen molar-refractivity contribution in [2.75, 3.05) is 13.2 Å². The minimum atomic E-state index is 0.104. The number of para-hydroxylation sites is 1. The molecular weight excluding hydrogens is 206 g/mol. The Bertz CT molecular complexity index is 428. The molecule has 0 amide bonds. The lowest BCUT2D eigenvalue weighted by Gasteiger charge is -2.04. The Balaban J connectivity index is 2.13. The molecule has 2 rings (SSSR count). The van der Waals surface area contributed by atoms with Crippen molar-refractivity contribution in [3.05, 3.63) is 36.2 Å². The fourth-order valence-electron chi connectivity index (χ4n) is 1.36. The Morgan fingerprint density at radius 1 is 1.25 bits per heavy atom. The van der Waals surface area contributed by atoms with Gasteiger partial charge in [-0.3, -0.25) is 0 Å². The van der Waals surface area contributed by atoms with Crippen molar-refractivity contribution in [3.63, 3.8) is 0 Å². The van der Waals surface area contributed by atoms with E-state index >= 15 is 0 Å². The molecule has 1 heterocycles. The van der Waals surface area contributed by atoms with E-state index in [2.05, 4.69) is 20.8 Å².